The highest BCUT2D eigenvalue weighted by atomic mass is 19.1. The molecule has 5 heteroatoms. The van der Waals surface area contributed by atoms with Gasteiger partial charge in [0.25, 0.3) is 5.91 Å². The minimum absolute atomic E-state index is 0.0676. The second kappa shape index (κ2) is 3.94. The molecular weight excluding hydrogens is 204 g/mol. The van der Waals surface area contributed by atoms with Gasteiger partial charge in [-0.15, -0.1) is 0 Å². The van der Waals surface area contributed by atoms with Crippen molar-refractivity contribution < 1.29 is 18.3 Å². The molecule has 2 rings (SSSR count). The first-order valence-corrected chi connectivity index (χ1v) is 4.50. The Balaban J connectivity index is 2.10. The summed E-state index contributed by atoms with van der Waals surface area (Å²) in [5.41, 5.74) is -0.150. The Kier molecular flexibility index (Phi) is 2.64. The highest BCUT2D eigenvalue weighted by Gasteiger charge is 2.22. The van der Waals surface area contributed by atoms with Crippen molar-refractivity contribution in [1.82, 2.24) is 5.32 Å². The van der Waals surface area contributed by atoms with E-state index in [2.05, 4.69) is 5.32 Å². The van der Waals surface area contributed by atoms with E-state index in [-0.39, 0.29) is 11.6 Å². The maximum absolute atomic E-state index is 13.1. The summed E-state index contributed by atoms with van der Waals surface area (Å²) in [6, 6.07) is 2.79. The summed E-state index contributed by atoms with van der Waals surface area (Å²) in [7, 11) is 0. The summed E-state index contributed by atoms with van der Waals surface area (Å²) in [5.74, 6) is -2.09. The maximum Gasteiger partial charge on any atom is 0.254 e. The molecule has 0 saturated carbocycles. The van der Waals surface area contributed by atoms with Crippen LogP contribution in [0.1, 0.15) is 10.4 Å². The van der Waals surface area contributed by atoms with Crippen LogP contribution in [0.25, 0.3) is 0 Å². The van der Waals surface area contributed by atoms with Crippen LogP contribution in [0.5, 0.6) is 0 Å². The highest BCUT2D eigenvalue weighted by Crippen LogP contribution is 2.10. The molecule has 0 atom stereocenters. The molecule has 1 saturated heterocycles. The number of carbonyl (C=O) groups is 1. The number of halogens is 2. The summed E-state index contributed by atoms with van der Waals surface area (Å²) >= 11 is 0. The van der Waals surface area contributed by atoms with Crippen molar-refractivity contribution in [2.45, 2.75) is 6.04 Å². The van der Waals surface area contributed by atoms with Crippen molar-refractivity contribution in [3.63, 3.8) is 0 Å². The third-order valence-corrected chi connectivity index (χ3v) is 2.15. The molecule has 1 heterocycles. The van der Waals surface area contributed by atoms with Gasteiger partial charge in [0.2, 0.25) is 0 Å². The molecule has 1 amide bonds. The van der Waals surface area contributed by atoms with Crippen molar-refractivity contribution in [2.75, 3.05) is 13.2 Å². The van der Waals surface area contributed by atoms with Gasteiger partial charge in [-0.2, -0.15) is 0 Å². The summed E-state index contributed by atoms with van der Waals surface area (Å²) in [6.07, 6.45) is 0. The third kappa shape index (κ3) is 2.12. The van der Waals surface area contributed by atoms with Gasteiger partial charge < -0.3 is 10.1 Å². The van der Waals surface area contributed by atoms with Crippen LogP contribution >= 0.6 is 0 Å². The van der Waals surface area contributed by atoms with E-state index in [1.54, 1.807) is 0 Å². The molecule has 1 aromatic rings. The SMILES string of the molecule is O=C(NC1COC1)c1ccc(F)cc1F. The van der Waals surface area contributed by atoms with Gasteiger partial charge in [0.05, 0.1) is 24.8 Å². The Hall–Kier alpha value is -1.49. The lowest BCUT2D eigenvalue weighted by atomic mass is 10.1. The molecule has 0 bridgehead atoms. The van der Waals surface area contributed by atoms with Gasteiger partial charge in [0.1, 0.15) is 11.6 Å². The number of benzene rings is 1. The van der Waals surface area contributed by atoms with Crippen molar-refractivity contribution in [1.29, 1.82) is 0 Å². The van der Waals surface area contributed by atoms with Gasteiger partial charge >= 0.3 is 0 Å². The second-order valence-corrected chi connectivity index (χ2v) is 3.33. The van der Waals surface area contributed by atoms with Gasteiger partial charge in [0.15, 0.2) is 0 Å². The molecule has 3 nitrogen and oxygen atoms in total. The highest BCUT2D eigenvalue weighted by molar-refractivity contribution is 5.94. The minimum Gasteiger partial charge on any atom is -0.377 e. The summed E-state index contributed by atoms with van der Waals surface area (Å²) in [4.78, 5) is 11.5. The first-order valence-electron chi connectivity index (χ1n) is 4.50. The topological polar surface area (TPSA) is 38.3 Å². The molecule has 80 valence electrons. The quantitative estimate of drug-likeness (QED) is 0.798. The first kappa shape index (κ1) is 10.0. The smallest absolute Gasteiger partial charge is 0.254 e. The molecular formula is C10H9F2NO2. The Morgan fingerprint density at radius 3 is 2.67 bits per heavy atom. The van der Waals surface area contributed by atoms with Gasteiger partial charge in [0, 0.05) is 6.07 Å². The lowest BCUT2D eigenvalue weighted by molar-refractivity contribution is -0.00353. The number of hydrogen-bond acceptors (Lipinski definition) is 2. The van der Waals surface area contributed by atoms with Crippen LogP contribution < -0.4 is 5.32 Å². The third-order valence-electron chi connectivity index (χ3n) is 2.15. The van der Waals surface area contributed by atoms with Crippen molar-refractivity contribution in [3.05, 3.63) is 35.4 Å². The van der Waals surface area contributed by atoms with Crippen LogP contribution in [-0.4, -0.2) is 25.2 Å². The van der Waals surface area contributed by atoms with E-state index in [1.165, 1.54) is 0 Å². The lowest BCUT2D eigenvalue weighted by Crippen LogP contribution is -2.48. The molecule has 1 fully saturated rings. The fourth-order valence-electron chi connectivity index (χ4n) is 1.26. The molecule has 1 aliphatic heterocycles. The summed E-state index contributed by atoms with van der Waals surface area (Å²) < 4.78 is 30.6. The van der Waals surface area contributed by atoms with Crippen molar-refractivity contribution in [2.24, 2.45) is 0 Å². The molecule has 1 N–H and O–H groups in total. The Labute approximate surface area is 85.0 Å². The van der Waals surface area contributed by atoms with Crippen molar-refractivity contribution >= 4 is 5.91 Å². The summed E-state index contributed by atoms with van der Waals surface area (Å²) in [5, 5.41) is 2.57. The Morgan fingerprint density at radius 2 is 2.13 bits per heavy atom. The van der Waals surface area contributed by atoms with E-state index in [1.807, 2.05) is 0 Å². The van der Waals surface area contributed by atoms with E-state index in [0.717, 1.165) is 12.1 Å². The van der Waals surface area contributed by atoms with E-state index >= 15 is 0 Å². The number of ether oxygens (including phenoxy) is 1. The largest absolute Gasteiger partial charge is 0.377 e. The van der Waals surface area contributed by atoms with Crippen molar-refractivity contribution in [3.8, 4) is 0 Å². The zero-order valence-corrected chi connectivity index (χ0v) is 7.80. The van der Waals surface area contributed by atoms with Crippen LogP contribution in [0.4, 0.5) is 8.78 Å². The Bertz CT molecular complexity index is 391. The van der Waals surface area contributed by atoms with E-state index in [0.29, 0.717) is 19.3 Å². The fraction of sp³-hybridized carbons (Fsp3) is 0.300. The molecule has 0 aliphatic carbocycles. The average Bonchev–Trinajstić information content (AvgIpc) is 2.11. The minimum atomic E-state index is -0.854. The van der Waals surface area contributed by atoms with Crippen LogP contribution in [0.2, 0.25) is 0 Å². The zero-order valence-electron chi connectivity index (χ0n) is 7.80. The average molecular weight is 213 g/mol. The second-order valence-electron chi connectivity index (χ2n) is 3.33. The van der Waals surface area contributed by atoms with Crippen LogP contribution in [-0.2, 0) is 4.74 Å². The molecule has 15 heavy (non-hydrogen) atoms. The molecule has 0 aromatic heterocycles. The molecule has 1 aromatic carbocycles. The van der Waals surface area contributed by atoms with Crippen LogP contribution in [0.15, 0.2) is 18.2 Å². The maximum atomic E-state index is 13.1. The van der Waals surface area contributed by atoms with Crippen LogP contribution in [0, 0.1) is 11.6 Å². The van der Waals surface area contributed by atoms with Crippen LogP contribution in [0.3, 0.4) is 0 Å². The lowest BCUT2D eigenvalue weighted by Gasteiger charge is -2.26. The number of rotatable bonds is 2. The van der Waals surface area contributed by atoms with Gasteiger partial charge in [-0.1, -0.05) is 0 Å². The zero-order chi connectivity index (χ0) is 10.8. The van der Waals surface area contributed by atoms with E-state index in [9.17, 15) is 13.6 Å². The van der Waals surface area contributed by atoms with Gasteiger partial charge in [-0.3, -0.25) is 4.79 Å². The van der Waals surface area contributed by atoms with Gasteiger partial charge in [-0.25, -0.2) is 8.78 Å². The number of amides is 1. The van der Waals surface area contributed by atoms with E-state index < -0.39 is 17.5 Å². The molecule has 0 radical (unpaired) electrons. The van der Waals surface area contributed by atoms with E-state index in [4.69, 9.17) is 4.74 Å². The van der Waals surface area contributed by atoms with Gasteiger partial charge in [-0.05, 0) is 12.1 Å². The summed E-state index contributed by atoms with van der Waals surface area (Å²) in [6.45, 7) is 0.878. The Morgan fingerprint density at radius 1 is 1.40 bits per heavy atom. The first-order chi connectivity index (χ1) is 7.16. The normalized spacial score (nSPS) is 15.9. The molecule has 0 unspecified atom stereocenters. The predicted octanol–water partition coefficient (Wildman–Crippen LogP) is 1.09. The number of hydrogen-bond donors (Lipinski definition) is 1. The number of carbonyl (C=O) groups excluding carboxylic acids is 1. The molecule has 0 spiro atoms. The predicted molar refractivity (Wildman–Crippen MR) is 48.4 cm³/mol. The monoisotopic (exact) mass is 213 g/mol. The standard InChI is InChI=1S/C10H9F2NO2/c11-6-1-2-8(9(12)3-6)10(14)13-7-4-15-5-7/h1-3,7H,4-5H2,(H,13,14). The fourth-order valence-corrected chi connectivity index (χ4v) is 1.26. The number of nitrogens with one attached hydrogen (secondary N) is 1. The molecule has 1 aliphatic rings.